The second-order valence-corrected chi connectivity index (χ2v) is 13.5. The van der Waals surface area contributed by atoms with Crippen molar-refractivity contribution in [2.45, 2.75) is 58.4 Å². The minimum atomic E-state index is -3.82. The van der Waals surface area contributed by atoms with Gasteiger partial charge in [0.1, 0.15) is 5.00 Å². The van der Waals surface area contributed by atoms with E-state index >= 15 is 0 Å². The molecule has 0 radical (unpaired) electrons. The summed E-state index contributed by atoms with van der Waals surface area (Å²) in [5, 5.41) is 3.27. The van der Waals surface area contributed by atoms with E-state index in [-0.39, 0.29) is 61.1 Å². The normalized spacial score (nSPS) is 15.8. The molecule has 3 amide bonds. The maximum Gasteiger partial charge on any atom is 0.410 e. The smallest absolute Gasteiger partial charge is 0.410 e. The molecule has 1 fully saturated rings. The lowest BCUT2D eigenvalue weighted by atomic mass is 9.98. The Balaban J connectivity index is 1.52. The highest BCUT2D eigenvalue weighted by Gasteiger charge is 2.34. The van der Waals surface area contributed by atoms with Crippen LogP contribution in [-0.4, -0.2) is 92.3 Å². The summed E-state index contributed by atoms with van der Waals surface area (Å²) >= 11 is 1.26. The second-order valence-electron chi connectivity index (χ2n) is 10.5. The number of sulfonamides is 1. The minimum Gasteiger partial charge on any atom is -0.466 e. The van der Waals surface area contributed by atoms with Gasteiger partial charge in [-0.15, -0.1) is 11.3 Å². The van der Waals surface area contributed by atoms with Crippen molar-refractivity contribution < 1.29 is 37.1 Å². The molecule has 1 aromatic heterocycles. The molecule has 0 atom stereocenters. The summed E-state index contributed by atoms with van der Waals surface area (Å²) in [5.41, 5.74) is 1.47. The summed E-state index contributed by atoms with van der Waals surface area (Å²) in [6.45, 7) is 9.87. The Kier molecular flexibility index (Phi) is 11.0. The summed E-state index contributed by atoms with van der Waals surface area (Å²) in [6, 6.07) is 5.66. The van der Waals surface area contributed by atoms with Gasteiger partial charge in [0.05, 0.1) is 36.1 Å². The monoisotopic (exact) mass is 648 g/mol. The summed E-state index contributed by atoms with van der Waals surface area (Å²) < 4.78 is 38.1. The highest BCUT2D eigenvalue weighted by molar-refractivity contribution is 7.89. The van der Waals surface area contributed by atoms with E-state index in [1.807, 2.05) is 13.8 Å². The van der Waals surface area contributed by atoms with E-state index in [4.69, 9.17) is 9.47 Å². The van der Waals surface area contributed by atoms with Crippen LogP contribution in [-0.2, 0) is 37.3 Å². The maximum absolute atomic E-state index is 13.6. The first-order chi connectivity index (χ1) is 21.0. The molecule has 3 heterocycles. The molecular weight excluding hydrogens is 608 g/mol. The van der Waals surface area contributed by atoms with Crippen LogP contribution in [0, 0.1) is 5.92 Å². The predicted octanol–water partition coefficient (Wildman–Crippen LogP) is 3.96. The van der Waals surface area contributed by atoms with Crippen molar-refractivity contribution in [1.82, 2.24) is 14.1 Å². The zero-order valence-electron chi connectivity index (χ0n) is 25.6. The molecule has 240 valence electrons. The molecule has 1 saturated heterocycles. The van der Waals surface area contributed by atoms with Crippen LogP contribution in [0.1, 0.15) is 71.7 Å². The number of amides is 3. The predicted molar refractivity (Wildman–Crippen MR) is 165 cm³/mol. The number of benzene rings is 1. The number of anilines is 1. The number of fused-ring (bicyclic) bond motifs is 1. The molecule has 2 aliphatic rings. The summed E-state index contributed by atoms with van der Waals surface area (Å²) in [6.07, 6.45) is 0.796. The van der Waals surface area contributed by atoms with Crippen LogP contribution in [0.5, 0.6) is 0 Å². The standard InChI is InChI=1S/C30H40N4O8S2/c1-5-32(6-2)28(36)25-23-15-16-33(30(38)42-8-4)19-24(23)43-27(25)31-26(35)20-9-11-22(12-10-20)44(39,40)34-17-13-21(14-18-34)29(37)41-7-3/h9-12,21H,5-8,13-19H2,1-4H3,(H,31,35). The Hall–Kier alpha value is -3.49. The fourth-order valence-corrected chi connectivity index (χ4v) is 8.17. The molecule has 0 spiro atoms. The topological polar surface area (TPSA) is 143 Å². The number of rotatable bonds is 10. The van der Waals surface area contributed by atoms with Crippen molar-refractivity contribution in [3.63, 3.8) is 0 Å². The second kappa shape index (κ2) is 14.5. The van der Waals surface area contributed by atoms with E-state index in [1.165, 1.54) is 39.9 Å². The Morgan fingerprint density at radius 1 is 0.955 bits per heavy atom. The largest absolute Gasteiger partial charge is 0.466 e. The number of thiophene rings is 1. The van der Waals surface area contributed by atoms with Crippen molar-refractivity contribution in [3.05, 3.63) is 45.8 Å². The zero-order chi connectivity index (χ0) is 32.0. The molecular formula is C30H40N4O8S2. The molecule has 0 bridgehead atoms. The van der Waals surface area contributed by atoms with Crippen molar-refractivity contribution in [3.8, 4) is 0 Å². The fraction of sp³-hybridized carbons (Fsp3) is 0.533. The zero-order valence-corrected chi connectivity index (χ0v) is 27.2. The quantitative estimate of drug-likeness (QED) is 0.382. The third kappa shape index (κ3) is 7.08. The number of carbonyl (C=O) groups is 4. The van der Waals surface area contributed by atoms with Gasteiger partial charge in [-0.2, -0.15) is 4.31 Å². The highest BCUT2D eigenvalue weighted by Crippen LogP contribution is 2.38. The number of hydrogen-bond donors (Lipinski definition) is 1. The summed E-state index contributed by atoms with van der Waals surface area (Å²) in [4.78, 5) is 55.5. The van der Waals surface area contributed by atoms with Gasteiger partial charge in [0, 0.05) is 43.2 Å². The van der Waals surface area contributed by atoms with Crippen molar-refractivity contribution in [2.24, 2.45) is 5.92 Å². The number of ether oxygens (including phenoxy) is 2. The van der Waals surface area contributed by atoms with E-state index in [9.17, 15) is 27.6 Å². The Morgan fingerprint density at radius 3 is 2.18 bits per heavy atom. The summed E-state index contributed by atoms with van der Waals surface area (Å²) in [7, 11) is -3.82. The first-order valence-corrected chi connectivity index (χ1v) is 17.2. The van der Waals surface area contributed by atoms with Gasteiger partial charge in [0.2, 0.25) is 10.0 Å². The molecule has 14 heteroatoms. The van der Waals surface area contributed by atoms with Crippen LogP contribution in [0.2, 0.25) is 0 Å². The van der Waals surface area contributed by atoms with Gasteiger partial charge >= 0.3 is 12.1 Å². The van der Waals surface area contributed by atoms with Crippen molar-refractivity contribution >= 4 is 50.2 Å². The lowest BCUT2D eigenvalue weighted by molar-refractivity contribution is -0.149. The van der Waals surface area contributed by atoms with E-state index in [0.717, 1.165) is 10.4 Å². The number of piperidine rings is 1. The number of nitrogens with one attached hydrogen (secondary N) is 1. The summed E-state index contributed by atoms with van der Waals surface area (Å²) in [5.74, 6) is -1.30. The van der Waals surface area contributed by atoms with Crippen molar-refractivity contribution in [2.75, 3.05) is 51.3 Å². The molecule has 1 N–H and O–H groups in total. The Bertz CT molecular complexity index is 1480. The number of hydrogen-bond acceptors (Lipinski definition) is 9. The fourth-order valence-electron chi connectivity index (χ4n) is 5.45. The molecule has 44 heavy (non-hydrogen) atoms. The average molecular weight is 649 g/mol. The van der Waals surface area contributed by atoms with E-state index in [0.29, 0.717) is 49.5 Å². The van der Waals surface area contributed by atoms with Gasteiger partial charge in [0.25, 0.3) is 11.8 Å². The third-order valence-electron chi connectivity index (χ3n) is 7.90. The Morgan fingerprint density at radius 2 is 1.59 bits per heavy atom. The number of carbonyl (C=O) groups excluding carboxylic acids is 4. The maximum atomic E-state index is 13.6. The van der Waals surface area contributed by atoms with Gasteiger partial charge in [-0.1, -0.05) is 0 Å². The van der Waals surface area contributed by atoms with Gasteiger partial charge in [-0.3, -0.25) is 14.4 Å². The average Bonchev–Trinajstić information content (AvgIpc) is 3.38. The third-order valence-corrected chi connectivity index (χ3v) is 10.9. The van der Waals surface area contributed by atoms with Gasteiger partial charge in [-0.25, -0.2) is 13.2 Å². The van der Waals surface area contributed by atoms with Crippen LogP contribution in [0.25, 0.3) is 0 Å². The SMILES string of the molecule is CCOC(=O)C1CCN(S(=O)(=O)c2ccc(C(=O)Nc3sc4c(c3C(=O)N(CC)CC)CCN(C(=O)OCC)C4)cc2)CC1. The minimum absolute atomic E-state index is 0.0479. The van der Waals surface area contributed by atoms with Crippen LogP contribution in [0.3, 0.4) is 0 Å². The Labute approximate surface area is 262 Å². The van der Waals surface area contributed by atoms with Crippen molar-refractivity contribution in [1.29, 1.82) is 0 Å². The van der Waals surface area contributed by atoms with E-state index in [1.54, 1.807) is 23.6 Å². The van der Waals surface area contributed by atoms with Crippen LogP contribution >= 0.6 is 11.3 Å². The number of nitrogens with zero attached hydrogens (tertiary/aromatic N) is 3. The lowest BCUT2D eigenvalue weighted by Crippen LogP contribution is -2.40. The molecule has 0 aliphatic carbocycles. The molecule has 4 rings (SSSR count). The first-order valence-electron chi connectivity index (χ1n) is 15.0. The van der Waals surface area contributed by atoms with E-state index < -0.39 is 22.0 Å². The molecule has 2 aromatic rings. The van der Waals surface area contributed by atoms with Crippen LogP contribution in [0.4, 0.5) is 9.80 Å². The van der Waals surface area contributed by atoms with Crippen LogP contribution in [0.15, 0.2) is 29.2 Å². The highest BCUT2D eigenvalue weighted by atomic mass is 32.2. The lowest BCUT2D eigenvalue weighted by Gasteiger charge is -2.30. The van der Waals surface area contributed by atoms with Gasteiger partial charge in [-0.05, 0) is 76.8 Å². The molecule has 2 aliphatic heterocycles. The van der Waals surface area contributed by atoms with Gasteiger partial charge in [0.15, 0.2) is 0 Å². The molecule has 0 unspecified atom stereocenters. The molecule has 12 nitrogen and oxygen atoms in total. The molecule has 1 aromatic carbocycles. The van der Waals surface area contributed by atoms with E-state index in [2.05, 4.69) is 5.32 Å². The number of esters is 1. The van der Waals surface area contributed by atoms with Crippen LogP contribution < -0.4 is 5.32 Å². The molecule has 0 saturated carbocycles. The first kappa shape index (κ1) is 33.4. The van der Waals surface area contributed by atoms with Gasteiger partial charge < -0.3 is 24.6 Å².